The summed E-state index contributed by atoms with van der Waals surface area (Å²) in [5.41, 5.74) is 5.99. The summed E-state index contributed by atoms with van der Waals surface area (Å²) < 4.78 is 1.02. The van der Waals surface area contributed by atoms with Gasteiger partial charge < -0.3 is 0 Å². The van der Waals surface area contributed by atoms with Gasteiger partial charge in [0.05, 0.1) is 11.6 Å². The Morgan fingerprint density at radius 2 is 1.80 bits per heavy atom. The van der Waals surface area contributed by atoms with Crippen molar-refractivity contribution in [1.29, 1.82) is 0 Å². The van der Waals surface area contributed by atoms with Crippen LogP contribution in [-0.4, -0.2) is 4.98 Å². The van der Waals surface area contributed by atoms with Gasteiger partial charge in [-0.2, -0.15) is 0 Å². The van der Waals surface area contributed by atoms with Gasteiger partial charge in [0, 0.05) is 16.1 Å². The van der Waals surface area contributed by atoms with Crippen molar-refractivity contribution in [3.05, 3.63) is 76.4 Å². The Bertz CT molecular complexity index is 742. The number of benzene rings is 2. The summed E-state index contributed by atoms with van der Waals surface area (Å²) in [5.74, 6) is 5.75. The zero-order chi connectivity index (χ0) is 13.9. The van der Waals surface area contributed by atoms with E-state index < -0.39 is 0 Å². The van der Waals surface area contributed by atoms with Gasteiger partial charge in [0.25, 0.3) is 0 Å². The second-order valence-corrected chi connectivity index (χ2v) is 5.44. The van der Waals surface area contributed by atoms with Gasteiger partial charge in [-0.3, -0.25) is 10.8 Å². The Kier molecular flexibility index (Phi) is 3.78. The molecule has 3 nitrogen and oxygen atoms in total. The number of nitrogens with zero attached hydrogens (tertiary/aromatic N) is 1. The van der Waals surface area contributed by atoms with Crippen LogP contribution in [0.25, 0.3) is 10.9 Å². The first-order valence-electron chi connectivity index (χ1n) is 6.35. The highest BCUT2D eigenvalue weighted by Gasteiger charge is 2.15. The van der Waals surface area contributed by atoms with Crippen molar-refractivity contribution in [2.75, 3.05) is 0 Å². The Morgan fingerprint density at radius 1 is 1.05 bits per heavy atom. The third kappa shape index (κ3) is 2.45. The third-order valence-corrected chi connectivity index (χ3v) is 4.05. The van der Waals surface area contributed by atoms with Crippen LogP contribution in [0, 0.1) is 0 Å². The number of hydrogen-bond donors (Lipinski definition) is 2. The monoisotopic (exact) mass is 327 g/mol. The van der Waals surface area contributed by atoms with Crippen LogP contribution in [0.5, 0.6) is 0 Å². The molecule has 20 heavy (non-hydrogen) atoms. The maximum Gasteiger partial charge on any atom is 0.0736 e. The van der Waals surface area contributed by atoms with Gasteiger partial charge in [-0.05, 0) is 29.3 Å². The van der Waals surface area contributed by atoms with Crippen molar-refractivity contribution < 1.29 is 0 Å². The van der Waals surface area contributed by atoms with E-state index in [1.807, 2.05) is 48.7 Å². The Balaban J connectivity index is 2.10. The van der Waals surface area contributed by atoms with E-state index in [4.69, 9.17) is 5.84 Å². The molecule has 1 atom stereocenters. The summed E-state index contributed by atoms with van der Waals surface area (Å²) in [6.07, 6.45) is 1.87. The number of rotatable bonds is 3. The van der Waals surface area contributed by atoms with Gasteiger partial charge in [0.1, 0.15) is 0 Å². The molecule has 1 heterocycles. The van der Waals surface area contributed by atoms with Crippen molar-refractivity contribution in [1.82, 2.24) is 10.4 Å². The summed E-state index contributed by atoms with van der Waals surface area (Å²) in [5, 5.41) is 1.11. The second-order valence-electron chi connectivity index (χ2n) is 4.58. The van der Waals surface area contributed by atoms with Crippen molar-refractivity contribution in [3.8, 4) is 0 Å². The molecule has 3 rings (SSSR count). The SMILES string of the molecule is NNC(c1cnc2ccccc2c1)c1ccccc1Br. The molecule has 0 amide bonds. The van der Waals surface area contributed by atoms with E-state index in [0.717, 1.165) is 26.5 Å². The van der Waals surface area contributed by atoms with E-state index in [9.17, 15) is 0 Å². The van der Waals surface area contributed by atoms with E-state index in [1.165, 1.54) is 0 Å². The predicted molar refractivity (Wildman–Crippen MR) is 85.1 cm³/mol. The van der Waals surface area contributed by atoms with Crippen LogP contribution in [0.1, 0.15) is 17.2 Å². The van der Waals surface area contributed by atoms with Crippen LogP contribution < -0.4 is 11.3 Å². The van der Waals surface area contributed by atoms with Crippen LogP contribution >= 0.6 is 15.9 Å². The van der Waals surface area contributed by atoms with E-state index >= 15 is 0 Å². The maximum absolute atomic E-state index is 5.75. The van der Waals surface area contributed by atoms with Crippen molar-refractivity contribution in [3.63, 3.8) is 0 Å². The number of hydrogen-bond acceptors (Lipinski definition) is 3. The summed E-state index contributed by atoms with van der Waals surface area (Å²) in [4.78, 5) is 4.49. The topological polar surface area (TPSA) is 50.9 Å². The molecule has 0 fully saturated rings. The number of fused-ring (bicyclic) bond motifs is 1. The summed E-state index contributed by atoms with van der Waals surface area (Å²) in [6, 6.07) is 18.1. The van der Waals surface area contributed by atoms with Gasteiger partial charge in [0.15, 0.2) is 0 Å². The van der Waals surface area contributed by atoms with Crippen molar-refractivity contribution in [2.24, 2.45) is 5.84 Å². The number of para-hydroxylation sites is 1. The molecule has 0 aliphatic rings. The fourth-order valence-electron chi connectivity index (χ4n) is 2.32. The highest BCUT2D eigenvalue weighted by Crippen LogP contribution is 2.28. The quantitative estimate of drug-likeness (QED) is 0.571. The van der Waals surface area contributed by atoms with Gasteiger partial charge >= 0.3 is 0 Å². The minimum absolute atomic E-state index is 0.0947. The van der Waals surface area contributed by atoms with Crippen molar-refractivity contribution in [2.45, 2.75) is 6.04 Å². The van der Waals surface area contributed by atoms with Gasteiger partial charge in [0.2, 0.25) is 0 Å². The maximum atomic E-state index is 5.75. The van der Waals surface area contributed by atoms with E-state index in [-0.39, 0.29) is 6.04 Å². The predicted octanol–water partition coefficient (Wildman–Crippen LogP) is 3.55. The minimum atomic E-state index is -0.0947. The lowest BCUT2D eigenvalue weighted by atomic mass is 9.99. The average Bonchev–Trinajstić information content (AvgIpc) is 2.50. The molecule has 0 aliphatic carbocycles. The first-order valence-corrected chi connectivity index (χ1v) is 7.14. The zero-order valence-electron chi connectivity index (χ0n) is 10.8. The Morgan fingerprint density at radius 3 is 2.60 bits per heavy atom. The minimum Gasteiger partial charge on any atom is -0.271 e. The number of aromatic nitrogens is 1. The molecule has 4 heteroatoms. The molecule has 2 aromatic carbocycles. The fraction of sp³-hybridized carbons (Fsp3) is 0.0625. The normalized spacial score (nSPS) is 12.5. The number of halogens is 1. The molecule has 3 aromatic rings. The molecule has 0 saturated carbocycles. The van der Waals surface area contributed by atoms with Gasteiger partial charge in [-0.1, -0.05) is 52.3 Å². The summed E-state index contributed by atoms with van der Waals surface area (Å²) >= 11 is 3.57. The Hall–Kier alpha value is -1.75. The van der Waals surface area contributed by atoms with Gasteiger partial charge in [-0.15, -0.1) is 0 Å². The van der Waals surface area contributed by atoms with Crippen LogP contribution in [0.4, 0.5) is 0 Å². The lowest BCUT2D eigenvalue weighted by Gasteiger charge is -2.18. The summed E-state index contributed by atoms with van der Waals surface area (Å²) in [7, 11) is 0. The average molecular weight is 328 g/mol. The number of hydrazine groups is 1. The third-order valence-electron chi connectivity index (χ3n) is 3.33. The number of nitrogens with one attached hydrogen (secondary N) is 1. The number of nitrogens with two attached hydrogens (primary N) is 1. The molecule has 3 N–H and O–H groups in total. The lowest BCUT2D eigenvalue weighted by Crippen LogP contribution is -2.29. The highest BCUT2D eigenvalue weighted by molar-refractivity contribution is 9.10. The standard InChI is InChI=1S/C16H14BrN3/c17-14-7-3-2-6-13(14)16(20-18)12-9-11-5-1-4-8-15(11)19-10-12/h1-10,16,20H,18H2. The van der Waals surface area contributed by atoms with Crippen molar-refractivity contribution >= 4 is 26.8 Å². The molecule has 0 saturated heterocycles. The lowest BCUT2D eigenvalue weighted by molar-refractivity contribution is 0.633. The molecule has 100 valence electrons. The zero-order valence-corrected chi connectivity index (χ0v) is 12.3. The molecule has 0 bridgehead atoms. The second kappa shape index (κ2) is 5.71. The van der Waals surface area contributed by atoms with Crippen LogP contribution in [0.2, 0.25) is 0 Å². The molecular weight excluding hydrogens is 314 g/mol. The molecule has 1 aromatic heterocycles. The summed E-state index contributed by atoms with van der Waals surface area (Å²) in [6.45, 7) is 0. The molecular formula is C16H14BrN3. The van der Waals surface area contributed by atoms with E-state index in [1.54, 1.807) is 0 Å². The molecule has 1 unspecified atom stereocenters. The Labute approximate surface area is 125 Å². The highest BCUT2D eigenvalue weighted by atomic mass is 79.9. The molecule has 0 aliphatic heterocycles. The van der Waals surface area contributed by atoms with E-state index in [0.29, 0.717) is 0 Å². The molecule has 0 spiro atoms. The first kappa shape index (κ1) is 13.2. The van der Waals surface area contributed by atoms with Crippen LogP contribution in [0.3, 0.4) is 0 Å². The fourth-order valence-corrected chi connectivity index (χ4v) is 2.83. The first-order chi connectivity index (χ1) is 9.79. The largest absolute Gasteiger partial charge is 0.271 e. The van der Waals surface area contributed by atoms with E-state index in [2.05, 4.69) is 38.5 Å². The smallest absolute Gasteiger partial charge is 0.0736 e. The molecule has 0 radical (unpaired) electrons. The van der Waals surface area contributed by atoms with Gasteiger partial charge in [-0.25, -0.2) is 5.43 Å². The van der Waals surface area contributed by atoms with Crippen LogP contribution in [0.15, 0.2) is 65.3 Å². The number of pyridine rings is 1. The van der Waals surface area contributed by atoms with Crippen LogP contribution in [-0.2, 0) is 0 Å².